The number of rotatable bonds is 17. The number of phenols is 2. The van der Waals surface area contributed by atoms with E-state index < -0.39 is 76.3 Å². The standard InChI is InChI=1S/C47H63N11O12S/c1-23-16-28(47(4,5)6)21-33(59)36(23)41-53-24(2)37(40(50)57-41)43(62)56-32(22-52-71(51,67)68)45(64)58(7)38-27-19-30(39(60)35(20-27)70-15-9-13-49)29-17-26(10-11-34(29)69-14-8-12-48)18-31(46(65)66)55-42(61)25(3)54-44(38)63/h10-11,16-17,19-21,25,31-32,38,52,59-60H,8-9,12-15,18,22,48-49H2,1-7H3,(H,54,63)(H,55,61)(H,56,62)(H,65,66)(H2,50,53,57)(H2,51,67,68)/t25-,31-,32-,38-/m0/s1. The van der Waals surface area contributed by atoms with Gasteiger partial charge in [-0.05, 0) is 105 Å². The number of aliphatic carboxylic acids is 1. The second-order valence-electron chi connectivity index (χ2n) is 18.2. The Kier molecular flexibility index (Phi) is 17.6. The van der Waals surface area contributed by atoms with Crippen LogP contribution < -0.4 is 52.5 Å². The van der Waals surface area contributed by atoms with E-state index in [1.54, 1.807) is 31.2 Å². The molecule has 4 atom stereocenters. The topological polar surface area (TPSA) is 380 Å². The number of fused-ring (bicyclic) bond motifs is 5. The third kappa shape index (κ3) is 13.4. The lowest BCUT2D eigenvalue weighted by Gasteiger charge is -2.33. The van der Waals surface area contributed by atoms with Crippen molar-refractivity contribution < 1.29 is 57.2 Å². The first kappa shape index (κ1) is 54.8. The molecule has 0 aliphatic carbocycles. The number of aromatic nitrogens is 2. The van der Waals surface area contributed by atoms with E-state index >= 15 is 0 Å². The van der Waals surface area contributed by atoms with E-state index in [0.717, 1.165) is 17.5 Å². The fourth-order valence-electron chi connectivity index (χ4n) is 7.80. The van der Waals surface area contributed by atoms with Crippen molar-refractivity contribution in [2.45, 2.75) is 90.4 Å². The van der Waals surface area contributed by atoms with Crippen molar-refractivity contribution >= 4 is 45.6 Å². The third-order valence-electron chi connectivity index (χ3n) is 11.6. The number of hydrogen-bond donors (Lipinski definition) is 11. The summed E-state index contributed by atoms with van der Waals surface area (Å²) in [5.74, 6) is -6.34. The van der Waals surface area contributed by atoms with Gasteiger partial charge in [-0.2, -0.15) is 13.1 Å². The highest BCUT2D eigenvalue weighted by Gasteiger charge is 2.38. The number of carbonyl (C=O) groups excluding carboxylic acids is 4. The maximum atomic E-state index is 14.9. The van der Waals surface area contributed by atoms with Crippen molar-refractivity contribution in [2.75, 3.05) is 45.6 Å². The van der Waals surface area contributed by atoms with Crippen LogP contribution in [0.1, 0.15) is 84.9 Å². The Morgan fingerprint density at radius 3 is 2.15 bits per heavy atom. The summed E-state index contributed by atoms with van der Waals surface area (Å²) in [6.45, 7) is 10.2. The van der Waals surface area contributed by atoms with Gasteiger partial charge in [-0.1, -0.05) is 32.9 Å². The zero-order valence-corrected chi connectivity index (χ0v) is 41.4. The molecule has 0 fully saturated rings. The largest absolute Gasteiger partial charge is 0.507 e. The molecule has 0 saturated carbocycles. The van der Waals surface area contributed by atoms with Crippen LogP contribution in [-0.4, -0.2) is 126 Å². The quantitative estimate of drug-likeness (QED) is 0.0654. The lowest BCUT2D eigenvalue weighted by Crippen LogP contribution is -2.57. The number of amides is 4. The molecule has 71 heavy (non-hydrogen) atoms. The molecule has 1 aliphatic rings. The molecular formula is C47H63N11O12S. The van der Waals surface area contributed by atoms with Gasteiger partial charge in [0.2, 0.25) is 17.7 Å². The molecule has 0 spiro atoms. The fraction of sp³-hybridized carbons (Fsp3) is 0.426. The molecule has 4 bridgehead atoms. The molecule has 0 unspecified atom stereocenters. The summed E-state index contributed by atoms with van der Waals surface area (Å²) in [6.07, 6.45) is 0.532. The summed E-state index contributed by atoms with van der Waals surface area (Å²) in [7, 11) is -3.37. The molecule has 24 heteroatoms. The molecule has 15 N–H and O–H groups in total. The van der Waals surface area contributed by atoms with Gasteiger partial charge in [-0.15, -0.1) is 0 Å². The molecule has 4 amide bonds. The van der Waals surface area contributed by atoms with Crippen LogP contribution in [0, 0.1) is 13.8 Å². The molecule has 5 rings (SSSR count). The van der Waals surface area contributed by atoms with E-state index in [1.807, 2.05) is 31.6 Å². The van der Waals surface area contributed by atoms with Crippen molar-refractivity contribution in [3.63, 3.8) is 0 Å². The number of nitrogens with one attached hydrogen (secondary N) is 4. The van der Waals surface area contributed by atoms with Crippen LogP contribution in [0.5, 0.6) is 23.0 Å². The molecule has 1 aliphatic heterocycles. The third-order valence-corrected chi connectivity index (χ3v) is 12.2. The number of nitrogens with zero attached hydrogens (tertiary/aromatic N) is 3. The Morgan fingerprint density at radius 1 is 0.930 bits per heavy atom. The smallest absolute Gasteiger partial charge is 0.326 e. The summed E-state index contributed by atoms with van der Waals surface area (Å²) in [5.41, 5.74) is 19.6. The Balaban J connectivity index is 1.66. The molecule has 23 nitrogen and oxygen atoms in total. The van der Waals surface area contributed by atoms with E-state index in [9.17, 15) is 47.7 Å². The number of nitrogens with two attached hydrogens (primary N) is 4. The minimum Gasteiger partial charge on any atom is -0.507 e. The van der Waals surface area contributed by atoms with Crippen LogP contribution in [0.3, 0.4) is 0 Å². The zero-order valence-electron chi connectivity index (χ0n) is 40.6. The van der Waals surface area contributed by atoms with Crippen LogP contribution in [-0.2, 0) is 41.2 Å². The average molecular weight is 1010 g/mol. The number of nitrogen functional groups attached to an aromatic ring is 1. The lowest BCUT2D eigenvalue weighted by atomic mass is 9.85. The summed E-state index contributed by atoms with van der Waals surface area (Å²) < 4.78 is 38.7. The van der Waals surface area contributed by atoms with Gasteiger partial charge >= 0.3 is 5.97 Å². The number of phenolic OH excluding ortho intramolecular Hbond substituents is 2. The monoisotopic (exact) mass is 1010 g/mol. The van der Waals surface area contributed by atoms with Crippen molar-refractivity contribution in [1.82, 2.24) is 35.5 Å². The van der Waals surface area contributed by atoms with Gasteiger partial charge in [-0.25, -0.2) is 19.9 Å². The van der Waals surface area contributed by atoms with Gasteiger partial charge in [0.1, 0.15) is 47.0 Å². The first-order valence-corrected chi connectivity index (χ1v) is 24.1. The van der Waals surface area contributed by atoms with Crippen molar-refractivity contribution in [3.05, 3.63) is 76.0 Å². The van der Waals surface area contributed by atoms with Gasteiger partial charge in [0.15, 0.2) is 17.3 Å². The molecule has 1 aromatic heterocycles. The minimum absolute atomic E-state index is 0.00268. The molecular weight excluding hydrogens is 943 g/mol. The Bertz CT molecular complexity index is 2760. The van der Waals surface area contributed by atoms with Crippen LogP contribution in [0.2, 0.25) is 0 Å². The van der Waals surface area contributed by atoms with E-state index in [0.29, 0.717) is 24.0 Å². The van der Waals surface area contributed by atoms with Gasteiger partial charge in [0.25, 0.3) is 16.1 Å². The number of ether oxygens (including phenoxy) is 2. The number of carbonyl (C=O) groups is 5. The normalized spacial score (nSPS) is 16.7. The second-order valence-corrected chi connectivity index (χ2v) is 19.5. The maximum Gasteiger partial charge on any atom is 0.326 e. The first-order chi connectivity index (χ1) is 33.3. The van der Waals surface area contributed by atoms with Gasteiger partial charge in [0, 0.05) is 31.1 Å². The molecule has 0 saturated heterocycles. The summed E-state index contributed by atoms with van der Waals surface area (Å²) in [4.78, 5) is 79.5. The molecule has 2 heterocycles. The highest BCUT2D eigenvalue weighted by molar-refractivity contribution is 7.87. The highest BCUT2D eigenvalue weighted by Crippen LogP contribution is 2.45. The summed E-state index contributed by atoms with van der Waals surface area (Å²) >= 11 is 0. The summed E-state index contributed by atoms with van der Waals surface area (Å²) in [5, 5.41) is 45.9. The van der Waals surface area contributed by atoms with Crippen LogP contribution in [0.4, 0.5) is 5.82 Å². The maximum absolute atomic E-state index is 14.9. The average Bonchev–Trinajstić information content (AvgIpc) is 3.27. The number of carboxylic acid groups (broad SMARTS) is 1. The number of anilines is 1. The van der Waals surface area contributed by atoms with Gasteiger partial charge in [-0.3, -0.25) is 19.2 Å². The van der Waals surface area contributed by atoms with E-state index in [-0.39, 0.29) is 101 Å². The number of benzene rings is 3. The molecule has 384 valence electrons. The van der Waals surface area contributed by atoms with E-state index in [2.05, 4.69) is 25.9 Å². The second kappa shape index (κ2) is 22.7. The SMILES string of the molecule is Cc1cc(C(C)(C)C)cc(O)c1-c1nc(C)c(C(=O)N[C@@H](CNS(N)(=O)=O)C(=O)N(C)[C@@H]2C(=O)N[C@@H](C)C(=O)N[C@H](C(=O)O)Cc3ccc(OCCCN)c(c3)-c3cc2cc(OCCCN)c3O)c(N)n1. The number of aryl methyl sites for hydroxylation is 2. The first-order valence-electron chi connectivity index (χ1n) is 22.6. The van der Waals surface area contributed by atoms with Crippen LogP contribution in [0.15, 0.2) is 42.5 Å². The Morgan fingerprint density at radius 2 is 1.58 bits per heavy atom. The lowest BCUT2D eigenvalue weighted by molar-refractivity contribution is -0.143. The van der Waals surface area contributed by atoms with Gasteiger partial charge < -0.3 is 62.8 Å². The van der Waals surface area contributed by atoms with E-state index in [4.69, 9.17) is 31.8 Å². The minimum atomic E-state index is -4.53. The number of likely N-dealkylation sites (N-methyl/N-ethyl adjacent to an activating group) is 1. The number of carboxylic acids is 1. The predicted octanol–water partition coefficient (Wildman–Crippen LogP) is 0.895. The van der Waals surface area contributed by atoms with Crippen LogP contribution >= 0.6 is 0 Å². The number of hydrogen-bond acceptors (Lipinski definition) is 16. The Labute approximate surface area is 411 Å². The van der Waals surface area contributed by atoms with Crippen molar-refractivity contribution in [1.29, 1.82) is 0 Å². The van der Waals surface area contributed by atoms with Crippen molar-refractivity contribution in [3.8, 4) is 45.5 Å². The van der Waals surface area contributed by atoms with Gasteiger partial charge in [0.05, 0.1) is 24.5 Å². The predicted molar refractivity (Wildman–Crippen MR) is 262 cm³/mol. The van der Waals surface area contributed by atoms with Crippen LogP contribution in [0.25, 0.3) is 22.5 Å². The zero-order chi connectivity index (χ0) is 52.7. The Hall–Kier alpha value is -7.12. The fourth-order valence-corrected chi connectivity index (χ4v) is 8.20. The van der Waals surface area contributed by atoms with E-state index in [1.165, 1.54) is 26.0 Å². The molecule has 3 aromatic carbocycles. The molecule has 0 radical (unpaired) electrons. The van der Waals surface area contributed by atoms with Crippen molar-refractivity contribution in [2.24, 2.45) is 16.6 Å². The highest BCUT2D eigenvalue weighted by atomic mass is 32.2. The molecule has 4 aromatic rings. The number of aromatic hydroxyl groups is 2. The summed E-state index contributed by atoms with van der Waals surface area (Å²) in [6, 6.07) is 4.25.